The quantitative estimate of drug-likeness (QED) is 0.401. The first-order chi connectivity index (χ1) is 15.2. The zero-order valence-corrected chi connectivity index (χ0v) is 17.7. The summed E-state index contributed by atoms with van der Waals surface area (Å²) < 4.78 is 8.45. The molecule has 6 rings (SSSR count). The molecule has 0 amide bonds. The van der Waals surface area contributed by atoms with Crippen LogP contribution in [0.25, 0.3) is 5.70 Å². The van der Waals surface area contributed by atoms with Gasteiger partial charge in [-0.1, -0.05) is 59.6 Å². The molecule has 152 valence electrons. The predicted octanol–water partition coefficient (Wildman–Crippen LogP) is 6.14. The van der Waals surface area contributed by atoms with Crippen molar-refractivity contribution >= 4 is 34.8 Å². The molecule has 5 nitrogen and oxygen atoms in total. The summed E-state index contributed by atoms with van der Waals surface area (Å²) >= 11 is 12.5. The van der Waals surface area contributed by atoms with Crippen molar-refractivity contribution in [3.8, 4) is 5.75 Å². The lowest BCUT2D eigenvalue weighted by Gasteiger charge is -2.39. The zero-order chi connectivity index (χ0) is 20.9. The molecule has 0 saturated heterocycles. The molecule has 1 N–H and O–H groups in total. The lowest BCUT2D eigenvalue weighted by Crippen LogP contribution is -2.32. The highest BCUT2D eigenvalue weighted by Crippen LogP contribution is 2.50. The van der Waals surface area contributed by atoms with E-state index in [0.29, 0.717) is 16.0 Å². The maximum absolute atomic E-state index is 6.57. The minimum atomic E-state index is -0.353. The van der Waals surface area contributed by atoms with Gasteiger partial charge in [-0.25, -0.2) is 4.68 Å². The second kappa shape index (κ2) is 7.15. The van der Waals surface area contributed by atoms with Gasteiger partial charge >= 0.3 is 0 Å². The average Bonchev–Trinajstić information content (AvgIpc) is 3.26. The first-order valence-electron chi connectivity index (χ1n) is 9.86. The molecule has 2 aliphatic rings. The van der Waals surface area contributed by atoms with E-state index in [2.05, 4.69) is 21.5 Å². The molecule has 1 aromatic heterocycles. The van der Waals surface area contributed by atoms with Crippen molar-refractivity contribution < 1.29 is 4.74 Å². The highest BCUT2D eigenvalue weighted by atomic mass is 35.5. The van der Waals surface area contributed by atoms with Gasteiger partial charge in [0.15, 0.2) is 0 Å². The molecule has 0 aliphatic carbocycles. The number of para-hydroxylation sites is 1. The van der Waals surface area contributed by atoms with E-state index in [1.54, 1.807) is 6.33 Å². The number of benzene rings is 3. The van der Waals surface area contributed by atoms with Crippen LogP contribution in [0.3, 0.4) is 0 Å². The normalized spacial score (nSPS) is 19.0. The minimum absolute atomic E-state index is 0.219. The molecule has 0 unspecified atom stereocenters. The van der Waals surface area contributed by atoms with Crippen molar-refractivity contribution in [3.63, 3.8) is 0 Å². The van der Waals surface area contributed by atoms with Gasteiger partial charge in [0.25, 0.3) is 0 Å². The van der Waals surface area contributed by atoms with Gasteiger partial charge in [-0.15, -0.1) is 0 Å². The molecule has 0 spiro atoms. The van der Waals surface area contributed by atoms with Gasteiger partial charge in [0, 0.05) is 21.2 Å². The van der Waals surface area contributed by atoms with Crippen molar-refractivity contribution in [1.29, 1.82) is 0 Å². The molecule has 2 aliphatic heterocycles. The number of aromatic nitrogens is 3. The maximum Gasteiger partial charge on any atom is 0.226 e. The van der Waals surface area contributed by atoms with E-state index in [-0.39, 0.29) is 12.1 Å². The maximum atomic E-state index is 6.57. The van der Waals surface area contributed by atoms with Crippen LogP contribution in [-0.2, 0) is 0 Å². The molecule has 2 atom stereocenters. The molecule has 0 radical (unpaired) electrons. The van der Waals surface area contributed by atoms with Crippen LogP contribution in [0.4, 0.5) is 5.95 Å². The van der Waals surface area contributed by atoms with Crippen molar-refractivity contribution in [2.45, 2.75) is 12.1 Å². The van der Waals surface area contributed by atoms with E-state index in [0.717, 1.165) is 33.7 Å². The smallest absolute Gasteiger partial charge is 0.226 e. The lowest BCUT2D eigenvalue weighted by molar-refractivity contribution is 0.223. The Morgan fingerprint density at radius 3 is 2.55 bits per heavy atom. The first kappa shape index (κ1) is 18.5. The highest BCUT2D eigenvalue weighted by Gasteiger charge is 2.40. The third-order valence-corrected chi connectivity index (χ3v) is 6.15. The van der Waals surface area contributed by atoms with Gasteiger partial charge in [0.2, 0.25) is 5.95 Å². The molecule has 4 aromatic rings. The molecule has 31 heavy (non-hydrogen) atoms. The van der Waals surface area contributed by atoms with E-state index in [1.165, 1.54) is 0 Å². The van der Waals surface area contributed by atoms with Crippen molar-refractivity contribution in [2.75, 3.05) is 5.32 Å². The van der Waals surface area contributed by atoms with Gasteiger partial charge in [0.05, 0.1) is 5.70 Å². The predicted molar refractivity (Wildman–Crippen MR) is 121 cm³/mol. The molecule has 7 heteroatoms. The van der Waals surface area contributed by atoms with Crippen LogP contribution in [0.1, 0.15) is 28.8 Å². The number of hydrogen-bond acceptors (Lipinski definition) is 4. The molecule has 0 bridgehead atoms. The van der Waals surface area contributed by atoms with E-state index in [9.17, 15) is 0 Å². The van der Waals surface area contributed by atoms with E-state index < -0.39 is 0 Å². The molecule has 0 fully saturated rings. The monoisotopic (exact) mass is 446 g/mol. The van der Waals surface area contributed by atoms with E-state index in [1.807, 2.05) is 71.4 Å². The Hall–Kier alpha value is -3.28. The van der Waals surface area contributed by atoms with Crippen LogP contribution in [0.2, 0.25) is 10.0 Å². The van der Waals surface area contributed by atoms with Crippen LogP contribution in [-0.4, -0.2) is 14.8 Å². The van der Waals surface area contributed by atoms with Gasteiger partial charge in [-0.3, -0.25) is 0 Å². The fourth-order valence-corrected chi connectivity index (χ4v) is 4.65. The Balaban J connectivity index is 1.63. The van der Waals surface area contributed by atoms with Gasteiger partial charge in [-0.05, 0) is 47.5 Å². The molecular formula is C24H16Cl2N4O. The number of nitrogens with zero attached hydrogens (tertiary/aromatic N) is 3. The summed E-state index contributed by atoms with van der Waals surface area (Å²) in [5, 5.41) is 9.36. The summed E-state index contributed by atoms with van der Waals surface area (Å²) in [4.78, 5) is 4.44. The number of halogens is 2. The molecule has 3 aromatic carbocycles. The Morgan fingerprint density at radius 1 is 0.871 bits per heavy atom. The summed E-state index contributed by atoms with van der Waals surface area (Å²) in [6.45, 7) is 0. The summed E-state index contributed by atoms with van der Waals surface area (Å²) in [5.74, 6) is 1.49. The van der Waals surface area contributed by atoms with Crippen molar-refractivity contribution in [3.05, 3.63) is 111 Å². The Labute approximate surface area is 188 Å². The number of nitrogens with one attached hydrogen (secondary N) is 1. The van der Waals surface area contributed by atoms with Gasteiger partial charge in [-0.2, -0.15) is 10.1 Å². The summed E-state index contributed by atoms with van der Waals surface area (Å²) in [7, 11) is 0. The van der Waals surface area contributed by atoms with E-state index in [4.69, 9.17) is 27.9 Å². The van der Waals surface area contributed by atoms with Gasteiger partial charge in [0.1, 0.15) is 24.2 Å². The Bertz CT molecular complexity index is 1330. The molecular weight excluding hydrogens is 431 g/mol. The average molecular weight is 447 g/mol. The SMILES string of the molecule is Clc1ccc([C@@H]2C3=C(Nc4ncnn42)c2ccccc2O[C@@H]3c2cccc(Cl)c2)cc1. The molecule has 0 saturated carbocycles. The highest BCUT2D eigenvalue weighted by molar-refractivity contribution is 6.30. The Morgan fingerprint density at radius 2 is 1.71 bits per heavy atom. The van der Waals surface area contributed by atoms with Crippen LogP contribution in [0.5, 0.6) is 5.75 Å². The standard InChI is InChI=1S/C24H16Cl2N4O/c25-16-10-8-14(9-11-16)22-20-21(29-24-27-13-28-30(22)24)18-6-1-2-7-19(18)31-23(20)15-4-3-5-17(26)12-15/h1-13,22-23H,(H,27,28,29)/t22-,23-/m1/s1. The zero-order valence-electron chi connectivity index (χ0n) is 16.2. The summed E-state index contributed by atoms with van der Waals surface area (Å²) in [6, 6.07) is 23.4. The van der Waals surface area contributed by atoms with Gasteiger partial charge < -0.3 is 10.1 Å². The minimum Gasteiger partial charge on any atom is -0.480 e. The Kier molecular flexibility index (Phi) is 4.26. The first-order valence-corrected chi connectivity index (χ1v) is 10.6. The number of hydrogen-bond donors (Lipinski definition) is 1. The number of ether oxygens (including phenoxy) is 1. The fourth-order valence-electron chi connectivity index (χ4n) is 4.33. The number of rotatable bonds is 2. The number of anilines is 1. The molecule has 3 heterocycles. The third kappa shape index (κ3) is 3.00. The van der Waals surface area contributed by atoms with E-state index >= 15 is 0 Å². The third-order valence-electron chi connectivity index (χ3n) is 5.66. The second-order valence-corrected chi connectivity index (χ2v) is 8.36. The fraction of sp³-hybridized carbons (Fsp3) is 0.0833. The largest absolute Gasteiger partial charge is 0.480 e. The lowest BCUT2D eigenvalue weighted by atomic mass is 9.84. The van der Waals surface area contributed by atoms with Crippen LogP contribution in [0.15, 0.2) is 84.7 Å². The summed E-state index contributed by atoms with van der Waals surface area (Å²) in [5.41, 5.74) is 5.02. The topological polar surface area (TPSA) is 52.0 Å². The second-order valence-electron chi connectivity index (χ2n) is 7.49. The van der Waals surface area contributed by atoms with Crippen LogP contribution < -0.4 is 10.1 Å². The van der Waals surface area contributed by atoms with Crippen molar-refractivity contribution in [2.24, 2.45) is 0 Å². The number of fused-ring (bicyclic) bond motifs is 3. The van der Waals surface area contributed by atoms with Crippen molar-refractivity contribution in [1.82, 2.24) is 14.8 Å². The van der Waals surface area contributed by atoms with Crippen LogP contribution in [0, 0.1) is 0 Å². The van der Waals surface area contributed by atoms with Crippen LogP contribution >= 0.6 is 23.2 Å². The summed E-state index contributed by atoms with van der Waals surface area (Å²) in [6.07, 6.45) is 1.21.